The van der Waals surface area contributed by atoms with Crippen molar-refractivity contribution in [2.24, 2.45) is 11.8 Å². The molecule has 1 fully saturated rings. The Morgan fingerprint density at radius 2 is 1.68 bits per heavy atom. The predicted molar refractivity (Wildman–Crippen MR) is 237 cm³/mol. The van der Waals surface area contributed by atoms with Gasteiger partial charge in [0.2, 0.25) is 11.8 Å². The molecule has 0 bridgehead atoms. The van der Waals surface area contributed by atoms with E-state index in [1.807, 2.05) is 58.7 Å². The fourth-order valence-electron chi connectivity index (χ4n) is 8.95. The van der Waals surface area contributed by atoms with Gasteiger partial charge in [-0.15, -0.1) is 0 Å². The zero-order chi connectivity index (χ0) is 44.4. The van der Waals surface area contributed by atoms with Crippen molar-refractivity contribution < 1.29 is 33.4 Å². The number of hydrogen-bond acceptors (Lipinski definition) is 9. The monoisotopic (exact) mass is 848 g/mol. The van der Waals surface area contributed by atoms with Crippen LogP contribution in [0.25, 0.3) is 44.2 Å². The molecule has 3 aromatic carbocycles. The van der Waals surface area contributed by atoms with Gasteiger partial charge in [0.05, 0.1) is 49.7 Å². The number of carbonyl (C=O) groups excluding carboxylic acids is 4. The van der Waals surface area contributed by atoms with Crippen LogP contribution in [0.2, 0.25) is 0 Å². The molecule has 7 rings (SSSR count). The molecule has 2 aliphatic rings. The molecule has 330 valence electrons. The van der Waals surface area contributed by atoms with Gasteiger partial charge in [-0.25, -0.2) is 19.6 Å². The lowest BCUT2D eigenvalue weighted by molar-refractivity contribution is -0.138. The van der Waals surface area contributed by atoms with E-state index in [0.717, 1.165) is 87.6 Å². The zero-order valence-electron chi connectivity index (χ0n) is 37.3. The zero-order valence-corrected chi connectivity index (χ0v) is 37.3. The van der Waals surface area contributed by atoms with Crippen molar-refractivity contribution in [3.8, 4) is 28.1 Å². The molecule has 1 saturated heterocycles. The summed E-state index contributed by atoms with van der Waals surface area (Å²) in [6.45, 7) is 14.5. The molecule has 4 amide bonds. The van der Waals surface area contributed by atoms with Crippen LogP contribution in [0.5, 0.6) is 5.75 Å². The standard InChI is InChI=1S/C47H60N8O7/c1-10-12-27(6)54(44(56)40(25(3)4)52-46(58)60-8)23-39-49-35-17-15-29-20-34-32-16-14-30(19-31(32)24-62-38(34)21-33(29)42(35)51-39)36-22-48-43(50-36)37-18-13-28(7)55(37)45(57)41(26(5)11-2)53-47(59)61-9/h14-17,19-22,25-28,37,40-41H,10-13,18,23-24H2,1-9H3,(H,48,50)(H,49,51)(H,52,58)(H,53,59)/t26-,27-,28-,37-,40-,41-/m0/s1. The highest BCUT2D eigenvalue weighted by Crippen LogP contribution is 2.43. The van der Waals surface area contributed by atoms with Gasteiger partial charge in [0.15, 0.2) is 0 Å². The number of benzene rings is 3. The van der Waals surface area contributed by atoms with E-state index >= 15 is 0 Å². The Labute approximate surface area is 362 Å². The molecule has 2 aromatic heterocycles. The van der Waals surface area contributed by atoms with Crippen molar-refractivity contribution in [3.63, 3.8) is 0 Å². The summed E-state index contributed by atoms with van der Waals surface area (Å²) < 4.78 is 16.1. The topological polar surface area (TPSA) is 184 Å². The molecular weight excluding hydrogens is 789 g/mol. The van der Waals surface area contributed by atoms with Gasteiger partial charge in [-0.3, -0.25) is 9.59 Å². The lowest BCUT2D eigenvalue weighted by atomic mass is 9.92. The average Bonchev–Trinajstić information content (AvgIpc) is 4.03. The molecule has 0 aliphatic carbocycles. The molecule has 0 spiro atoms. The molecule has 4 heterocycles. The summed E-state index contributed by atoms with van der Waals surface area (Å²) >= 11 is 0. The number of carbonyl (C=O) groups is 4. The highest BCUT2D eigenvalue weighted by atomic mass is 16.5. The molecule has 0 radical (unpaired) electrons. The lowest BCUT2D eigenvalue weighted by Gasteiger charge is -2.33. The number of amides is 4. The molecule has 15 heteroatoms. The van der Waals surface area contributed by atoms with E-state index in [4.69, 9.17) is 24.2 Å². The number of aromatic amines is 2. The average molecular weight is 849 g/mol. The lowest BCUT2D eigenvalue weighted by Crippen LogP contribution is -2.53. The second kappa shape index (κ2) is 18.5. The Kier molecular flexibility index (Phi) is 13.1. The first-order valence-electron chi connectivity index (χ1n) is 21.8. The van der Waals surface area contributed by atoms with E-state index in [0.29, 0.717) is 18.3 Å². The number of H-pyrrole nitrogens is 2. The number of alkyl carbamates (subject to hydrolysis) is 2. The van der Waals surface area contributed by atoms with Gasteiger partial charge in [-0.05, 0) is 91.3 Å². The van der Waals surface area contributed by atoms with Gasteiger partial charge in [-0.1, -0.05) is 65.7 Å². The number of hydrogen-bond donors (Lipinski definition) is 4. The van der Waals surface area contributed by atoms with Crippen molar-refractivity contribution in [3.05, 3.63) is 65.9 Å². The Balaban J connectivity index is 1.13. The summed E-state index contributed by atoms with van der Waals surface area (Å²) in [4.78, 5) is 72.9. The van der Waals surface area contributed by atoms with Crippen molar-refractivity contribution in [1.82, 2.24) is 40.4 Å². The minimum absolute atomic E-state index is 0.0171. The third-order valence-electron chi connectivity index (χ3n) is 12.7. The van der Waals surface area contributed by atoms with E-state index in [-0.39, 0.29) is 48.3 Å². The van der Waals surface area contributed by atoms with Crippen molar-refractivity contribution in [1.29, 1.82) is 0 Å². The highest BCUT2D eigenvalue weighted by molar-refractivity contribution is 6.07. The second-order valence-electron chi connectivity index (χ2n) is 17.2. The number of rotatable bonds is 14. The quantitative estimate of drug-likeness (QED) is 0.0853. The summed E-state index contributed by atoms with van der Waals surface area (Å²) in [6.07, 6.45) is 4.54. The molecule has 15 nitrogen and oxygen atoms in total. The van der Waals surface area contributed by atoms with Gasteiger partial charge >= 0.3 is 12.2 Å². The second-order valence-corrected chi connectivity index (χ2v) is 17.2. The van der Waals surface area contributed by atoms with Crippen molar-refractivity contribution in [2.75, 3.05) is 14.2 Å². The molecule has 4 N–H and O–H groups in total. The SMILES string of the molecule is CCC[C@H](C)N(Cc1nc2c(ccc3cc4c(cc32)OCc2cc(-c3cnc([C@@H]5CC[C@H](C)N5C(=O)[C@@H](NC(=O)OC)[C@@H](C)CC)[nH]3)ccc2-4)[nH]1)C(=O)[C@@H](NC(=O)OC)C(C)C. The smallest absolute Gasteiger partial charge is 0.407 e. The molecule has 62 heavy (non-hydrogen) atoms. The van der Waals surface area contributed by atoms with Crippen LogP contribution in [0, 0.1) is 11.8 Å². The maximum Gasteiger partial charge on any atom is 0.407 e. The highest BCUT2D eigenvalue weighted by Gasteiger charge is 2.42. The van der Waals surface area contributed by atoms with Gasteiger partial charge in [0.1, 0.15) is 36.1 Å². The van der Waals surface area contributed by atoms with Crippen LogP contribution in [-0.2, 0) is 32.2 Å². The maximum absolute atomic E-state index is 14.0. The number of methoxy groups -OCH3 is 2. The third kappa shape index (κ3) is 8.66. The predicted octanol–water partition coefficient (Wildman–Crippen LogP) is 8.39. The fraction of sp³-hybridized carbons (Fsp3) is 0.489. The Morgan fingerprint density at radius 1 is 0.935 bits per heavy atom. The minimum Gasteiger partial charge on any atom is -0.488 e. The molecule has 6 atom stereocenters. The minimum atomic E-state index is -0.748. The Bertz CT molecular complexity index is 2460. The Morgan fingerprint density at radius 3 is 2.37 bits per heavy atom. The van der Waals surface area contributed by atoms with Crippen molar-refractivity contribution >= 4 is 45.8 Å². The number of ether oxygens (including phenoxy) is 3. The summed E-state index contributed by atoms with van der Waals surface area (Å²) in [7, 11) is 2.59. The van der Waals surface area contributed by atoms with E-state index in [2.05, 4.69) is 63.9 Å². The van der Waals surface area contributed by atoms with Crippen molar-refractivity contribution in [2.45, 2.75) is 124 Å². The maximum atomic E-state index is 14.0. The summed E-state index contributed by atoms with van der Waals surface area (Å²) in [5.41, 5.74) is 6.53. The van der Waals surface area contributed by atoms with Crippen LogP contribution in [0.3, 0.4) is 0 Å². The first-order chi connectivity index (χ1) is 29.8. The summed E-state index contributed by atoms with van der Waals surface area (Å²) in [6, 6.07) is 12.8. The van der Waals surface area contributed by atoms with Gasteiger partial charge < -0.3 is 44.6 Å². The number of imidazole rings is 2. The first kappa shape index (κ1) is 44.0. The number of likely N-dealkylation sites (tertiary alicyclic amines) is 1. The van der Waals surface area contributed by atoms with Crippen LogP contribution in [0.4, 0.5) is 9.59 Å². The van der Waals surface area contributed by atoms with Crippen LogP contribution >= 0.6 is 0 Å². The van der Waals surface area contributed by atoms with E-state index < -0.39 is 24.3 Å². The normalized spacial score (nSPS) is 17.7. The van der Waals surface area contributed by atoms with E-state index in [9.17, 15) is 19.2 Å². The molecule has 0 unspecified atom stereocenters. The van der Waals surface area contributed by atoms with Crippen LogP contribution in [0.15, 0.2) is 48.7 Å². The van der Waals surface area contributed by atoms with Crippen LogP contribution < -0.4 is 15.4 Å². The summed E-state index contributed by atoms with van der Waals surface area (Å²) in [5.74, 6) is 1.57. The largest absolute Gasteiger partial charge is 0.488 e. The van der Waals surface area contributed by atoms with Crippen LogP contribution in [0.1, 0.15) is 104 Å². The van der Waals surface area contributed by atoms with Crippen LogP contribution in [-0.4, -0.2) is 92.1 Å². The summed E-state index contributed by atoms with van der Waals surface area (Å²) in [5, 5.41) is 7.45. The number of nitrogens with zero attached hydrogens (tertiary/aromatic N) is 4. The Hall–Kier alpha value is -6.12. The third-order valence-corrected chi connectivity index (χ3v) is 12.7. The van der Waals surface area contributed by atoms with E-state index in [1.165, 1.54) is 14.2 Å². The number of aromatic nitrogens is 4. The molecule has 2 aliphatic heterocycles. The van der Waals surface area contributed by atoms with Gasteiger partial charge in [0.25, 0.3) is 0 Å². The molecule has 5 aromatic rings. The van der Waals surface area contributed by atoms with Gasteiger partial charge in [-0.2, -0.15) is 0 Å². The molecule has 0 saturated carbocycles. The van der Waals surface area contributed by atoms with E-state index in [1.54, 1.807) is 4.90 Å². The van der Waals surface area contributed by atoms with Gasteiger partial charge in [0, 0.05) is 23.0 Å². The number of fused-ring (bicyclic) bond motifs is 6. The molecular formula is C47H60N8O7. The first-order valence-corrected chi connectivity index (χ1v) is 21.8. The fourth-order valence-corrected chi connectivity index (χ4v) is 8.95. The number of nitrogens with one attached hydrogen (secondary N) is 4.